The molecule has 0 bridgehead atoms. The van der Waals surface area contributed by atoms with Crippen molar-refractivity contribution in [3.8, 4) is 0 Å². The molecule has 1 saturated carbocycles. The summed E-state index contributed by atoms with van der Waals surface area (Å²) < 4.78 is 0. The van der Waals surface area contributed by atoms with E-state index in [0.717, 1.165) is 36.3 Å². The molecule has 18 heavy (non-hydrogen) atoms. The van der Waals surface area contributed by atoms with Crippen molar-refractivity contribution in [2.24, 2.45) is 23.7 Å². The Morgan fingerprint density at radius 1 is 1.00 bits per heavy atom. The average molecular weight is 252 g/mol. The topological polar surface area (TPSA) is 15.3 Å². The van der Waals surface area contributed by atoms with Gasteiger partial charge in [0.15, 0.2) is 0 Å². The molecule has 0 aromatic rings. The maximum Gasteiger partial charge on any atom is 0.0105 e. The first-order valence-corrected chi connectivity index (χ1v) is 8.02. The molecule has 2 fully saturated rings. The number of likely N-dealkylation sites (tertiary alicyclic amines) is 1. The summed E-state index contributed by atoms with van der Waals surface area (Å²) in [5.74, 6) is 3.59. The Hall–Kier alpha value is -0.0800. The lowest BCUT2D eigenvalue weighted by Crippen LogP contribution is -2.41. The fraction of sp³-hybridized carbons (Fsp3) is 1.00. The molecule has 4 atom stereocenters. The Morgan fingerprint density at radius 2 is 1.61 bits per heavy atom. The summed E-state index contributed by atoms with van der Waals surface area (Å²) in [7, 11) is 0. The van der Waals surface area contributed by atoms with Gasteiger partial charge in [-0.2, -0.15) is 0 Å². The van der Waals surface area contributed by atoms with Crippen LogP contribution in [0.1, 0.15) is 47.0 Å². The molecule has 1 saturated heterocycles. The lowest BCUT2D eigenvalue weighted by atomic mass is 10.0. The lowest BCUT2D eigenvalue weighted by Gasteiger charge is -2.30. The third-order valence-electron chi connectivity index (χ3n) is 5.17. The highest BCUT2D eigenvalue weighted by molar-refractivity contribution is 4.91. The van der Waals surface area contributed by atoms with Gasteiger partial charge in [-0.3, -0.25) is 4.90 Å². The Labute approximate surface area is 114 Å². The van der Waals surface area contributed by atoms with E-state index in [9.17, 15) is 0 Å². The average Bonchev–Trinajstić information content (AvgIpc) is 2.87. The Morgan fingerprint density at radius 3 is 2.17 bits per heavy atom. The maximum atomic E-state index is 3.61. The van der Waals surface area contributed by atoms with Gasteiger partial charge in [-0.1, -0.05) is 27.2 Å². The molecule has 1 N–H and O–H groups in total. The van der Waals surface area contributed by atoms with Crippen LogP contribution in [-0.2, 0) is 0 Å². The molecule has 0 aromatic carbocycles. The molecule has 0 amide bonds. The highest BCUT2D eigenvalue weighted by atomic mass is 15.2. The smallest absolute Gasteiger partial charge is 0.0105 e. The first-order valence-electron chi connectivity index (χ1n) is 8.02. The molecule has 1 aliphatic heterocycles. The van der Waals surface area contributed by atoms with Gasteiger partial charge in [0.05, 0.1) is 0 Å². The van der Waals surface area contributed by atoms with Crippen LogP contribution in [0.4, 0.5) is 0 Å². The minimum atomic E-state index is 0.746. The van der Waals surface area contributed by atoms with E-state index in [-0.39, 0.29) is 0 Å². The molecule has 0 spiro atoms. The number of hydrogen-bond acceptors (Lipinski definition) is 2. The highest BCUT2D eigenvalue weighted by Crippen LogP contribution is 2.39. The summed E-state index contributed by atoms with van der Waals surface area (Å²) in [6.45, 7) is 14.5. The third kappa shape index (κ3) is 3.48. The lowest BCUT2D eigenvalue weighted by molar-refractivity contribution is 0.181. The first kappa shape index (κ1) is 14.3. The van der Waals surface area contributed by atoms with E-state index in [1.54, 1.807) is 0 Å². The molecular weight excluding hydrogens is 220 g/mol. The SMILES string of the molecule is CC(C)CNCC(C)C(C)N1CC2CCCC2C1. The van der Waals surface area contributed by atoms with Crippen molar-refractivity contribution in [3.05, 3.63) is 0 Å². The predicted octanol–water partition coefficient (Wildman–Crippen LogP) is 2.99. The van der Waals surface area contributed by atoms with E-state index in [1.807, 2.05) is 0 Å². The molecule has 4 unspecified atom stereocenters. The monoisotopic (exact) mass is 252 g/mol. The van der Waals surface area contributed by atoms with Gasteiger partial charge in [0.25, 0.3) is 0 Å². The molecule has 106 valence electrons. The van der Waals surface area contributed by atoms with Gasteiger partial charge in [-0.25, -0.2) is 0 Å². The number of fused-ring (bicyclic) bond motifs is 1. The summed E-state index contributed by atoms with van der Waals surface area (Å²) in [4.78, 5) is 2.76. The standard InChI is InChI=1S/C16H32N2/c1-12(2)8-17-9-13(3)14(4)18-10-15-6-5-7-16(15)11-18/h12-17H,5-11H2,1-4H3. The van der Waals surface area contributed by atoms with Crippen LogP contribution in [0.15, 0.2) is 0 Å². The second-order valence-corrected chi connectivity index (χ2v) is 7.17. The fourth-order valence-corrected chi connectivity index (χ4v) is 3.73. The van der Waals surface area contributed by atoms with Crippen molar-refractivity contribution in [1.29, 1.82) is 0 Å². The van der Waals surface area contributed by atoms with E-state index >= 15 is 0 Å². The second kappa shape index (κ2) is 6.38. The van der Waals surface area contributed by atoms with Gasteiger partial charge in [-0.15, -0.1) is 0 Å². The van der Waals surface area contributed by atoms with Crippen molar-refractivity contribution in [2.45, 2.75) is 53.0 Å². The van der Waals surface area contributed by atoms with Crippen LogP contribution >= 0.6 is 0 Å². The normalized spacial score (nSPS) is 31.8. The van der Waals surface area contributed by atoms with Crippen LogP contribution in [0.5, 0.6) is 0 Å². The zero-order valence-electron chi connectivity index (χ0n) is 12.8. The highest BCUT2D eigenvalue weighted by Gasteiger charge is 2.38. The molecule has 2 aliphatic rings. The number of nitrogens with zero attached hydrogens (tertiary/aromatic N) is 1. The summed E-state index contributed by atoms with van der Waals surface area (Å²) in [6, 6.07) is 0.746. The van der Waals surface area contributed by atoms with Crippen molar-refractivity contribution in [1.82, 2.24) is 10.2 Å². The first-order chi connectivity index (χ1) is 8.58. The molecule has 1 heterocycles. The molecule has 1 aliphatic carbocycles. The zero-order valence-corrected chi connectivity index (χ0v) is 12.8. The quantitative estimate of drug-likeness (QED) is 0.782. The van der Waals surface area contributed by atoms with E-state index in [0.29, 0.717) is 0 Å². The zero-order chi connectivity index (χ0) is 13.1. The maximum absolute atomic E-state index is 3.61. The van der Waals surface area contributed by atoms with E-state index < -0.39 is 0 Å². The predicted molar refractivity (Wildman–Crippen MR) is 78.7 cm³/mol. The molecular formula is C16H32N2. The Balaban J connectivity index is 1.72. The van der Waals surface area contributed by atoms with Crippen LogP contribution in [0.25, 0.3) is 0 Å². The molecule has 0 radical (unpaired) electrons. The second-order valence-electron chi connectivity index (χ2n) is 7.17. The summed E-state index contributed by atoms with van der Waals surface area (Å²) in [5.41, 5.74) is 0. The number of nitrogens with one attached hydrogen (secondary N) is 1. The number of hydrogen-bond donors (Lipinski definition) is 1. The Bertz CT molecular complexity index is 239. The largest absolute Gasteiger partial charge is 0.316 e. The van der Waals surface area contributed by atoms with Gasteiger partial charge in [0.1, 0.15) is 0 Å². The van der Waals surface area contributed by atoms with Crippen molar-refractivity contribution >= 4 is 0 Å². The van der Waals surface area contributed by atoms with Gasteiger partial charge in [0.2, 0.25) is 0 Å². The third-order valence-corrected chi connectivity index (χ3v) is 5.17. The van der Waals surface area contributed by atoms with Crippen LogP contribution in [0, 0.1) is 23.7 Å². The van der Waals surface area contributed by atoms with Crippen LogP contribution in [-0.4, -0.2) is 37.1 Å². The summed E-state index contributed by atoms with van der Waals surface area (Å²) in [6.07, 6.45) is 4.48. The van der Waals surface area contributed by atoms with Crippen molar-refractivity contribution in [2.75, 3.05) is 26.2 Å². The summed E-state index contributed by atoms with van der Waals surface area (Å²) in [5, 5.41) is 3.61. The van der Waals surface area contributed by atoms with Crippen LogP contribution in [0.3, 0.4) is 0 Å². The van der Waals surface area contributed by atoms with Crippen LogP contribution in [0.2, 0.25) is 0 Å². The van der Waals surface area contributed by atoms with E-state index in [2.05, 4.69) is 37.9 Å². The summed E-state index contributed by atoms with van der Waals surface area (Å²) >= 11 is 0. The van der Waals surface area contributed by atoms with Gasteiger partial charge < -0.3 is 5.32 Å². The van der Waals surface area contributed by atoms with Crippen molar-refractivity contribution in [3.63, 3.8) is 0 Å². The molecule has 2 heteroatoms. The van der Waals surface area contributed by atoms with Gasteiger partial charge in [0, 0.05) is 19.1 Å². The Kier molecular flexibility index (Phi) is 5.08. The fourth-order valence-electron chi connectivity index (χ4n) is 3.73. The molecule has 2 rings (SSSR count). The molecule has 2 nitrogen and oxygen atoms in total. The molecule has 0 aromatic heterocycles. The van der Waals surface area contributed by atoms with Gasteiger partial charge >= 0.3 is 0 Å². The minimum Gasteiger partial charge on any atom is -0.316 e. The van der Waals surface area contributed by atoms with Crippen molar-refractivity contribution < 1.29 is 0 Å². The van der Waals surface area contributed by atoms with Crippen LogP contribution < -0.4 is 5.32 Å². The van der Waals surface area contributed by atoms with E-state index in [1.165, 1.54) is 38.9 Å². The van der Waals surface area contributed by atoms with E-state index in [4.69, 9.17) is 0 Å². The number of rotatable bonds is 6. The van der Waals surface area contributed by atoms with Gasteiger partial charge in [-0.05, 0) is 56.5 Å². The minimum absolute atomic E-state index is 0.746.